The van der Waals surface area contributed by atoms with Crippen molar-refractivity contribution >= 4 is 6.09 Å². The van der Waals surface area contributed by atoms with Crippen molar-refractivity contribution in [3.63, 3.8) is 0 Å². The van der Waals surface area contributed by atoms with E-state index in [0.29, 0.717) is 6.54 Å². The van der Waals surface area contributed by atoms with Crippen molar-refractivity contribution in [3.8, 4) is 12.3 Å². The fourth-order valence-electron chi connectivity index (χ4n) is 1.67. The van der Waals surface area contributed by atoms with Gasteiger partial charge in [-0.1, -0.05) is 5.92 Å². The number of terminal acetylenes is 1. The van der Waals surface area contributed by atoms with Gasteiger partial charge >= 0.3 is 6.09 Å². The van der Waals surface area contributed by atoms with E-state index in [4.69, 9.17) is 15.9 Å². The Bertz CT molecular complexity index is 295. The lowest BCUT2D eigenvalue weighted by atomic mass is 10.2. The average molecular weight is 239 g/mol. The van der Waals surface area contributed by atoms with Crippen molar-refractivity contribution in [3.05, 3.63) is 0 Å². The summed E-state index contributed by atoms with van der Waals surface area (Å²) in [5, 5.41) is 0. The van der Waals surface area contributed by atoms with Crippen LogP contribution in [0.5, 0.6) is 0 Å². The Kier molecular flexibility index (Phi) is 4.83. The van der Waals surface area contributed by atoms with Gasteiger partial charge in [-0.15, -0.1) is 6.42 Å². The first-order chi connectivity index (χ1) is 7.92. The molecule has 1 saturated heterocycles. The lowest BCUT2D eigenvalue weighted by Gasteiger charge is -2.27. The summed E-state index contributed by atoms with van der Waals surface area (Å²) in [5.74, 6) is 2.48. The first kappa shape index (κ1) is 13.9. The van der Waals surface area contributed by atoms with Crippen molar-refractivity contribution in [2.45, 2.75) is 45.3 Å². The van der Waals surface area contributed by atoms with Gasteiger partial charge in [-0.3, -0.25) is 4.90 Å². The van der Waals surface area contributed by atoms with Crippen LogP contribution in [0.25, 0.3) is 0 Å². The first-order valence-electron chi connectivity index (χ1n) is 5.95. The van der Waals surface area contributed by atoms with E-state index in [0.717, 1.165) is 19.4 Å². The molecular formula is C13H21NO3. The van der Waals surface area contributed by atoms with Gasteiger partial charge in [0.1, 0.15) is 5.60 Å². The van der Waals surface area contributed by atoms with Crippen molar-refractivity contribution in [2.75, 3.05) is 19.7 Å². The molecule has 1 amide bonds. The topological polar surface area (TPSA) is 38.8 Å². The Balaban J connectivity index is 2.52. The maximum atomic E-state index is 11.9. The Morgan fingerprint density at radius 3 is 2.76 bits per heavy atom. The van der Waals surface area contributed by atoms with Crippen LogP contribution < -0.4 is 0 Å². The van der Waals surface area contributed by atoms with Gasteiger partial charge in [0.15, 0.2) is 0 Å². The Hall–Kier alpha value is -1.21. The number of rotatable bonds is 3. The number of carbonyl (C=O) groups excluding carboxylic acids is 1. The normalized spacial score (nSPS) is 19.8. The molecule has 0 saturated carbocycles. The predicted octanol–water partition coefficient (Wildman–Crippen LogP) is 2.04. The lowest BCUT2D eigenvalue weighted by molar-refractivity contribution is 0.0138. The van der Waals surface area contributed by atoms with Gasteiger partial charge in [0.25, 0.3) is 0 Å². The molecule has 1 atom stereocenters. The van der Waals surface area contributed by atoms with Gasteiger partial charge in [0.2, 0.25) is 0 Å². The van der Waals surface area contributed by atoms with Gasteiger partial charge in [0.05, 0.1) is 19.2 Å². The molecule has 0 bridgehead atoms. The summed E-state index contributed by atoms with van der Waals surface area (Å²) in [6.45, 7) is 7.05. The van der Waals surface area contributed by atoms with Gasteiger partial charge in [-0.25, -0.2) is 4.79 Å². The fourth-order valence-corrected chi connectivity index (χ4v) is 1.67. The van der Waals surface area contributed by atoms with Crippen molar-refractivity contribution in [2.24, 2.45) is 0 Å². The Morgan fingerprint density at radius 1 is 1.59 bits per heavy atom. The maximum Gasteiger partial charge on any atom is 0.411 e. The molecule has 4 nitrogen and oxygen atoms in total. The van der Waals surface area contributed by atoms with Crippen LogP contribution in [0.15, 0.2) is 0 Å². The van der Waals surface area contributed by atoms with Crippen molar-refractivity contribution < 1.29 is 14.3 Å². The zero-order valence-electron chi connectivity index (χ0n) is 10.9. The second kappa shape index (κ2) is 5.92. The van der Waals surface area contributed by atoms with E-state index in [9.17, 15) is 4.79 Å². The fraction of sp³-hybridized carbons (Fsp3) is 0.769. The van der Waals surface area contributed by atoms with E-state index >= 15 is 0 Å². The summed E-state index contributed by atoms with van der Waals surface area (Å²) in [5.41, 5.74) is -0.500. The molecule has 4 heteroatoms. The molecule has 0 radical (unpaired) electrons. The molecule has 0 spiro atoms. The third-order valence-electron chi connectivity index (χ3n) is 2.38. The molecule has 1 unspecified atom stereocenters. The van der Waals surface area contributed by atoms with Crippen molar-refractivity contribution in [1.29, 1.82) is 0 Å². The largest absolute Gasteiger partial charge is 0.444 e. The van der Waals surface area contributed by atoms with Crippen molar-refractivity contribution in [1.82, 2.24) is 4.90 Å². The third kappa shape index (κ3) is 5.10. The quantitative estimate of drug-likeness (QED) is 0.707. The number of ether oxygens (including phenoxy) is 2. The number of amides is 1. The summed E-state index contributed by atoms with van der Waals surface area (Å²) >= 11 is 0. The van der Waals surface area contributed by atoms with Crippen LogP contribution in [-0.4, -0.2) is 42.4 Å². The monoisotopic (exact) mass is 239 g/mol. The highest BCUT2D eigenvalue weighted by Crippen LogP contribution is 2.15. The number of hydrogen-bond acceptors (Lipinski definition) is 3. The minimum Gasteiger partial charge on any atom is -0.444 e. The van der Waals surface area contributed by atoms with Crippen LogP contribution in [-0.2, 0) is 9.47 Å². The molecule has 1 rings (SSSR count). The number of carbonyl (C=O) groups is 1. The molecule has 1 aliphatic heterocycles. The van der Waals surface area contributed by atoms with Crippen LogP contribution >= 0.6 is 0 Å². The van der Waals surface area contributed by atoms with Gasteiger partial charge in [-0.05, 0) is 33.6 Å². The highest BCUT2D eigenvalue weighted by Gasteiger charge is 2.25. The maximum absolute atomic E-state index is 11.9. The zero-order chi connectivity index (χ0) is 12.9. The zero-order valence-corrected chi connectivity index (χ0v) is 10.9. The SMILES string of the molecule is C#CCN(CC1CCCO1)C(=O)OC(C)(C)C. The highest BCUT2D eigenvalue weighted by molar-refractivity contribution is 5.68. The van der Waals surface area contributed by atoms with E-state index < -0.39 is 5.60 Å². The smallest absolute Gasteiger partial charge is 0.411 e. The number of hydrogen-bond donors (Lipinski definition) is 0. The minimum atomic E-state index is -0.500. The predicted molar refractivity (Wildman–Crippen MR) is 65.6 cm³/mol. The van der Waals surface area contributed by atoms with Crippen LogP contribution in [0.1, 0.15) is 33.6 Å². The molecule has 0 aromatic heterocycles. The molecular weight excluding hydrogens is 218 g/mol. The van der Waals surface area contributed by atoms with E-state index in [2.05, 4.69) is 5.92 Å². The molecule has 1 fully saturated rings. The van der Waals surface area contributed by atoms with Gasteiger partial charge in [0, 0.05) is 6.61 Å². The summed E-state index contributed by atoms with van der Waals surface area (Å²) in [4.78, 5) is 13.4. The highest BCUT2D eigenvalue weighted by atomic mass is 16.6. The van der Waals surface area contributed by atoms with E-state index in [1.807, 2.05) is 20.8 Å². The van der Waals surface area contributed by atoms with E-state index in [1.165, 1.54) is 4.90 Å². The average Bonchev–Trinajstić information content (AvgIpc) is 2.67. The molecule has 96 valence electrons. The summed E-state index contributed by atoms with van der Waals surface area (Å²) < 4.78 is 10.8. The second-order valence-electron chi connectivity index (χ2n) is 5.20. The lowest BCUT2D eigenvalue weighted by Crippen LogP contribution is -2.41. The van der Waals surface area contributed by atoms with Gasteiger partial charge in [-0.2, -0.15) is 0 Å². The van der Waals surface area contributed by atoms with Crippen LogP contribution in [0.4, 0.5) is 4.79 Å². The summed E-state index contributed by atoms with van der Waals surface area (Å²) in [6.07, 6.45) is 7.01. The third-order valence-corrected chi connectivity index (χ3v) is 2.38. The molecule has 0 aromatic carbocycles. The van der Waals surface area contributed by atoms with Crippen LogP contribution in [0.2, 0.25) is 0 Å². The Labute approximate surface area is 103 Å². The summed E-state index contributed by atoms with van der Waals surface area (Å²) in [6, 6.07) is 0. The first-order valence-corrected chi connectivity index (χ1v) is 5.95. The van der Waals surface area contributed by atoms with E-state index in [1.54, 1.807) is 0 Å². The number of nitrogens with zero attached hydrogens (tertiary/aromatic N) is 1. The minimum absolute atomic E-state index is 0.0934. The second-order valence-corrected chi connectivity index (χ2v) is 5.20. The van der Waals surface area contributed by atoms with Crippen LogP contribution in [0.3, 0.4) is 0 Å². The Morgan fingerprint density at radius 2 is 2.29 bits per heavy atom. The van der Waals surface area contributed by atoms with Crippen LogP contribution in [0, 0.1) is 12.3 Å². The van der Waals surface area contributed by atoms with E-state index in [-0.39, 0.29) is 18.7 Å². The molecule has 0 aromatic rings. The molecule has 0 aliphatic carbocycles. The molecule has 1 heterocycles. The molecule has 17 heavy (non-hydrogen) atoms. The van der Waals surface area contributed by atoms with Gasteiger partial charge < -0.3 is 9.47 Å². The standard InChI is InChI=1S/C13H21NO3/c1-5-8-14(10-11-7-6-9-16-11)12(15)17-13(2,3)4/h1,11H,6-10H2,2-4H3. The molecule has 0 N–H and O–H groups in total. The molecule has 1 aliphatic rings. The summed E-state index contributed by atoms with van der Waals surface area (Å²) in [7, 11) is 0.